The maximum Gasteiger partial charge on any atom is 0.253 e. The van der Waals surface area contributed by atoms with Gasteiger partial charge in [0.05, 0.1) is 12.2 Å². The van der Waals surface area contributed by atoms with Gasteiger partial charge in [-0.15, -0.1) is 0 Å². The number of hydrogen-bond acceptors (Lipinski definition) is 4. The summed E-state index contributed by atoms with van der Waals surface area (Å²) in [5, 5.41) is 2.59. The molecule has 0 fully saturated rings. The van der Waals surface area contributed by atoms with E-state index in [-0.39, 0.29) is 11.1 Å². The van der Waals surface area contributed by atoms with Crippen LogP contribution in [0.3, 0.4) is 0 Å². The second-order valence-corrected chi connectivity index (χ2v) is 5.16. The number of carbonyl (C=O) groups excluding carboxylic acids is 2. The molecule has 3 N–H and O–H groups in total. The molecule has 7 nitrogen and oxygen atoms in total. The van der Waals surface area contributed by atoms with Crippen molar-refractivity contribution in [1.29, 1.82) is 0 Å². The fourth-order valence-electron chi connectivity index (χ4n) is 2.21. The molecule has 2 amide bonds. The van der Waals surface area contributed by atoms with Gasteiger partial charge in [-0.05, 0) is 11.6 Å². The van der Waals surface area contributed by atoms with E-state index in [1.54, 1.807) is 30.3 Å². The summed E-state index contributed by atoms with van der Waals surface area (Å²) in [6.45, 7) is 0.674. The third kappa shape index (κ3) is 4.30. The van der Waals surface area contributed by atoms with Crippen LogP contribution in [-0.2, 0) is 16.1 Å². The molecule has 0 aliphatic heterocycles. The minimum atomic E-state index is -0.946. The average Bonchev–Trinajstić information content (AvgIpc) is 2.59. The van der Waals surface area contributed by atoms with Crippen LogP contribution in [-0.4, -0.2) is 30.1 Å². The number of carbonyl (C=O) groups is 2. The summed E-state index contributed by atoms with van der Waals surface area (Å²) in [7, 11) is 1.53. The summed E-state index contributed by atoms with van der Waals surface area (Å²) in [4.78, 5) is 35.8. The SMILES string of the molecule is COCCn1cc(C(=O)N[C@@H](C(N)=O)c2ccccc2)ccc1=O. The van der Waals surface area contributed by atoms with Crippen LogP contribution in [0.15, 0.2) is 53.5 Å². The van der Waals surface area contributed by atoms with Gasteiger partial charge in [-0.1, -0.05) is 30.3 Å². The summed E-state index contributed by atoms with van der Waals surface area (Å²) in [5.74, 6) is -1.16. The van der Waals surface area contributed by atoms with Crippen molar-refractivity contribution in [3.63, 3.8) is 0 Å². The predicted molar refractivity (Wildman–Crippen MR) is 88.4 cm³/mol. The van der Waals surface area contributed by atoms with Gasteiger partial charge in [0.2, 0.25) is 5.91 Å². The number of hydrogen-bond donors (Lipinski definition) is 2. The minimum absolute atomic E-state index is 0.238. The number of pyridine rings is 1. The molecule has 126 valence electrons. The number of amides is 2. The van der Waals surface area contributed by atoms with Gasteiger partial charge in [-0.3, -0.25) is 14.4 Å². The van der Waals surface area contributed by atoms with Gasteiger partial charge in [0.1, 0.15) is 6.04 Å². The zero-order valence-corrected chi connectivity index (χ0v) is 13.3. The molecule has 0 saturated carbocycles. The summed E-state index contributed by atoms with van der Waals surface area (Å²) in [6.07, 6.45) is 1.43. The largest absolute Gasteiger partial charge is 0.383 e. The Morgan fingerprint density at radius 3 is 2.54 bits per heavy atom. The van der Waals surface area contributed by atoms with E-state index < -0.39 is 17.9 Å². The van der Waals surface area contributed by atoms with Gasteiger partial charge in [0.25, 0.3) is 11.5 Å². The van der Waals surface area contributed by atoms with Crippen LogP contribution in [0.2, 0.25) is 0 Å². The smallest absolute Gasteiger partial charge is 0.253 e. The number of methoxy groups -OCH3 is 1. The van der Waals surface area contributed by atoms with Gasteiger partial charge in [0.15, 0.2) is 0 Å². The highest BCUT2D eigenvalue weighted by molar-refractivity contribution is 5.97. The Kier molecular flexibility index (Phi) is 5.86. The van der Waals surface area contributed by atoms with Crippen molar-refractivity contribution in [2.45, 2.75) is 12.6 Å². The third-order valence-electron chi connectivity index (χ3n) is 3.47. The maximum atomic E-state index is 12.4. The highest BCUT2D eigenvalue weighted by atomic mass is 16.5. The van der Waals surface area contributed by atoms with E-state index >= 15 is 0 Å². The van der Waals surface area contributed by atoms with Crippen molar-refractivity contribution in [1.82, 2.24) is 9.88 Å². The van der Waals surface area contributed by atoms with E-state index in [4.69, 9.17) is 10.5 Å². The predicted octanol–water partition coefficient (Wildman–Crippen LogP) is 0.451. The van der Waals surface area contributed by atoms with Crippen LogP contribution in [0, 0.1) is 0 Å². The number of benzene rings is 1. The standard InChI is InChI=1S/C17H19N3O4/c1-24-10-9-20-11-13(7-8-14(20)21)17(23)19-15(16(18)22)12-5-3-2-4-6-12/h2-8,11,15H,9-10H2,1H3,(H2,18,22)(H,19,23)/t15-/m1/s1. The molecule has 0 radical (unpaired) electrons. The second-order valence-electron chi connectivity index (χ2n) is 5.16. The van der Waals surface area contributed by atoms with Crippen molar-refractivity contribution >= 4 is 11.8 Å². The van der Waals surface area contributed by atoms with E-state index in [1.165, 1.54) is 30.0 Å². The summed E-state index contributed by atoms with van der Waals surface area (Å²) < 4.78 is 6.31. The Morgan fingerprint density at radius 1 is 1.21 bits per heavy atom. The van der Waals surface area contributed by atoms with Gasteiger partial charge >= 0.3 is 0 Å². The molecule has 24 heavy (non-hydrogen) atoms. The second kappa shape index (κ2) is 8.07. The lowest BCUT2D eigenvalue weighted by Gasteiger charge is -2.16. The quantitative estimate of drug-likeness (QED) is 0.769. The first-order valence-electron chi connectivity index (χ1n) is 7.37. The Labute approximate surface area is 139 Å². The first-order valence-corrected chi connectivity index (χ1v) is 7.37. The normalized spacial score (nSPS) is 11.7. The Hall–Kier alpha value is -2.93. The fourth-order valence-corrected chi connectivity index (χ4v) is 2.21. The molecule has 7 heteroatoms. The van der Waals surface area contributed by atoms with Gasteiger partial charge < -0.3 is 20.4 Å². The number of rotatable bonds is 7. The van der Waals surface area contributed by atoms with Crippen molar-refractivity contribution in [2.24, 2.45) is 5.73 Å². The Bertz CT molecular complexity index is 771. The van der Waals surface area contributed by atoms with E-state index in [0.29, 0.717) is 18.7 Å². The lowest BCUT2D eigenvalue weighted by atomic mass is 10.1. The van der Waals surface area contributed by atoms with Gasteiger partial charge in [-0.2, -0.15) is 0 Å². The molecule has 1 aromatic heterocycles. The van der Waals surface area contributed by atoms with Crippen molar-refractivity contribution in [2.75, 3.05) is 13.7 Å². The van der Waals surface area contributed by atoms with Crippen molar-refractivity contribution in [3.05, 3.63) is 70.1 Å². The molecule has 0 bridgehead atoms. The molecule has 2 rings (SSSR count). The number of primary amides is 1. The number of nitrogens with two attached hydrogens (primary N) is 1. The number of aromatic nitrogens is 1. The average molecular weight is 329 g/mol. The zero-order valence-electron chi connectivity index (χ0n) is 13.3. The Morgan fingerprint density at radius 2 is 1.92 bits per heavy atom. The lowest BCUT2D eigenvalue weighted by molar-refractivity contribution is -0.120. The van der Waals surface area contributed by atoms with Gasteiger partial charge in [-0.25, -0.2) is 0 Å². The van der Waals surface area contributed by atoms with E-state index in [1.807, 2.05) is 0 Å². The number of nitrogens with one attached hydrogen (secondary N) is 1. The van der Waals surface area contributed by atoms with Crippen LogP contribution in [0.4, 0.5) is 0 Å². The summed E-state index contributed by atoms with van der Waals surface area (Å²) in [5.41, 5.74) is 6.00. The molecule has 0 saturated heterocycles. The molecule has 1 heterocycles. The monoisotopic (exact) mass is 329 g/mol. The molecule has 1 aromatic carbocycles. The van der Waals surface area contributed by atoms with E-state index in [9.17, 15) is 14.4 Å². The van der Waals surface area contributed by atoms with Crippen LogP contribution in [0.25, 0.3) is 0 Å². The molecular formula is C17H19N3O4. The maximum absolute atomic E-state index is 12.4. The molecule has 1 atom stereocenters. The minimum Gasteiger partial charge on any atom is -0.383 e. The van der Waals surface area contributed by atoms with Crippen LogP contribution >= 0.6 is 0 Å². The lowest BCUT2D eigenvalue weighted by Crippen LogP contribution is -2.38. The van der Waals surface area contributed by atoms with Crippen LogP contribution in [0.5, 0.6) is 0 Å². The van der Waals surface area contributed by atoms with Crippen LogP contribution in [0.1, 0.15) is 22.0 Å². The highest BCUT2D eigenvalue weighted by Gasteiger charge is 2.21. The topological polar surface area (TPSA) is 103 Å². The molecule has 0 spiro atoms. The Balaban J connectivity index is 2.21. The molecular weight excluding hydrogens is 310 g/mol. The molecule has 2 aromatic rings. The van der Waals surface area contributed by atoms with Crippen molar-refractivity contribution in [3.8, 4) is 0 Å². The molecule has 0 aliphatic carbocycles. The van der Waals surface area contributed by atoms with Crippen molar-refractivity contribution < 1.29 is 14.3 Å². The first kappa shape index (κ1) is 17.4. The van der Waals surface area contributed by atoms with Crippen LogP contribution < -0.4 is 16.6 Å². The number of ether oxygens (including phenoxy) is 1. The summed E-state index contributed by atoms with van der Waals surface area (Å²) in [6, 6.07) is 10.5. The first-order chi connectivity index (χ1) is 11.5. The zero-order chi connectivity index (χ0) is 17.5. The molecule has 0 unspecified atom stereocenters. The fraction of sp³-hybridized carbons (Fsp3) is 0.235. The van der Waals surface area contributed by atoms with E-state index in [0.717, 1.165) is 0 Å². The molecule has 0 aliphatic rings. The van der Waals surface area contributed by atoms with Gasteiger partial charge in [0, 0.05) is 25.9 Å². The number of nitrogens with zero attached hydrogens (tertiary/aromatic N) is 1. The third-order valence-corrected chi connectivity index (χ3v) is 3.47. The van der Waals surface area contributed by atoms with E-state index in [2.05, 4.69) is 5.32 Å². The highest BCUT2D eigenvalue weighted by Crippen LogP contribution is 2.12. The summed E-state index contributed by atoms with van der Waals surface area (Å²) >= 11 is 0.